The molecular formula is C21H21N3O. The standard InChI is InChI=1S/C21H21N3O/c1-16-9-5-6-12-19(16)24-20(17-10-3-2-4-11-17)18(15-22-24)21(25)23-13-7-8-14-23/h2-6,9-12,15H,7-8,13-14H2,1H3. The molecule has 0 spiro atoms. The van der Waals surface area contributed by atoms with Gasteiger partial charge in [-0.3, -0.25) is 4.79 Å². The Morgan fingerprint density at radius 3 is 2.36 bits per heavy atom. The van der Waals surface area contributed by atoms with E-state index in [9.17, 15) is 4.79 Å². The van der Waals surface area contributed by atoms with E-state index in [1.165, 1.54) is 0 Å². The van der Waals surface area contributed by atoms with Gasteiger partial charge < -0.3 is 4.90 Å². The van der Waals surface area contributed by atoms with Gasteiger partial charge in [-0.1, -0.05) is 48.5 Å². The summed E-state index contributed by atoms with van der Waals surface area (Å²) < 4.78 is 1.90. The van der Waals surface area contributed by atoms with Crippen LogP contribution in [0.1, 0.15) is 28.8 Å². The van der Waals surface area contributed by atoms with Crippen LogP contribution in [0.3, 0.4) is 0 Å². The number of rotatable bonds is 3. The first-order valence-electron chi connectivity index (χ1n) is 8.74. The third kappa shape index (κ3) is 2.84. The molecule has 0 radical (unpaired) electrons. The third-order valence-corrected chi connectivity index (χ3v) is 4.78. The average molecular weight is 331 g/mol. The Morgan fingerprint density at radius 2 is 1.64 bits per heavy atom. The van der Waals surface area contributed by atoms with Crippen molar-refractivity contribution in [3.63, 3.8) is 0 Å². The Hall–Kier alpha value is -2.88. The molecule has 2 heterocycles. The van der Waals surface area contributed by atoms with Gasteiger partial charge in [0.25, 0.3) is 5.91 Å². The highest BCUT2D eigenvalue weighted by atomic mass is 16.2. The fraction of sp³-hybridized carbons (Fsp3) is 0.238. The summed E-state index contributed by atoms with van der Waals surface area (Å²) in [6.07, 6.45) is 3.88. The minimum absolute atomic E-state index is 0.0798. The first-order valence-corrected chi connectivity index (χ1v) is 8.74. The number of amides is 1. The summed E-state index contributed by atoms with van der Waals surface area (Å²) in [5, 5.41) is 4.59. The van der Waals surface area contributed by atoms with Crippen LogP contribution in [0.25, 0.3) is 16.9 Å². The van der Waals surface area contributed by atoms with Crippen molar-refractivity contribution in [1.82, 2.24) is 14.7 Å². The number of nitrogens with zero attached hydrogens (tertiary/aromatic N) is 3. The van der Waals surface area contributed by atoms with E-state index >= 15 is 0 Å². The molecule has 1 fully saturated rings. The van der Waals surface area contributed by atoms with Gasteiger partial charge in [-0.15, -0.1) is 0 Å². The van der Waals surface area contributed by atoms with Gasteiger partial charge >= 0.3 is 0 Å². The summed E-state index contributed by atoms with van der Waals surface area (Å²) in [4.78, 5) is 15.0. The van der Waals surface area contributed by atoms with Crippen LogP contribution in [0.5, 0.6) is 0 Å². The number of hydrogen-bond acceptors (Lipinski definition) is 2. The van der Waals surface area contributed by atoms with Crippen molar-refractivity contribution in [2.45, 2.75) is 19.8 Å². The van der Waals surface area contributed by atoms with Crippen LogP contribution in [0.4, 0.5) is 0 Å². The fourth-order valence-electron chi connectivity index (χ4n) is 3.45. The third-order valence-electron chi connectivity index (χ3n) is 4.78. The van der Waals surface area contributed by atoms with Gasteiger partial charge in [0, 0.05) is 18.7 Å². The molecule has 0 bridgehead atoms. The largest absolute Gasteiger partial charge is 0.339 e. The molecule has 1 aromatic heterocycles. The zero-order chi connectivity index (χ0) is 17.2. The lowest BCUT2D eigenvalue weighted by molar-refractivity contribution is 0.0793. The van der Waals surface area contributed by atoms with Gasteiger partial charge in [0.2, 0.25) is 0 Å². The summed E-state index contributed by atoms with van der Waals surface area (Å²) >= 11 is 0. The molecule has 3 aromatic rings. The van der Waals surface area contributed by atoms with Gasteiger partial charge in [-0.05, 0) is 31.4 Å². The van der Waals surface area contributed by atoms with Crippen molar-refractivity contribution in [2.75, 3.05) is 13.1 Å². The van der Waals surface area contributed by atoms with Crippen LogP contribution in [0, 0.1) is 6.92 Å². The monoisotopic (exact) mass is 331 g/mol. The Bertz CT molecular complexity index is 893. The van der Waals surface area contributed by atoms with Gasteiger partial charge in [-0.2, -0.15) is 5.10 Å². The van der Waals surface area contributed by atoms with Gasteiger partial charge in [0.1, 0.15) is 0 Å². The lowest BCUT2D eigenvalue weighted by atomic mass is 10.1. The Balaban J connectivity index is 1.88. The highest BCUT2D eigenvalue weighted by molar-refractivity contribution is 6.00. The Kier molecular flexibility index (Phi) is 4.10. The minimum Gasteiger partial charge on any atom is -0.339 e. The van der Waals surface area contributed by atoms with E-state index in [4.69, 9.17) is 0 Å². The van der Waals surface area contributed by atoms with E-state index in [-0.39, 0.29) is 5.91 Å². The average Bonchev–Trinajstić information content (AvgIpc) is 3.32. The molecule has 126 valence electrons. The lowest BCUT2D eigenvalue weighted by Crippen LogP contribution is -2.27. The normalized spacial score (nSPS) is 14.0. The molecule has 4 rings (SSSR count). The van der Waals surface area contributed by atoms with E-state index in [0.29, 0.717) is 5.56 Å². The molecule has 1 aliphatic rings. The SMILES string of the molecule is Cc1ccccc1-n1ncc(C(=O)N2CCCC2)c1-c1ccccc1. The maximum atomic E-state index is 13.0. The molecule has 1 aliphatic heterocycles. The Morgan fingerprint density at radius 1 is 0.960 bits per heavy atom. The van der Waals surface area contributed by atoms with Crippen molar-refractivity contribution >= 4 is 5.91 Å². The molecule has 1 saturated heterocycles. The van der Waals surface area contributed by atoms with E-state index in [2.05, 4.69) is 18.1 Å². The number of likely N-dealkylation sites (tertiary alicyclic amines) is 1. The second kappa shape index (κ2) is 6.55. The predicted octanol–water partition coefficient (Wildman–Crippen LogP) is 4.08. The van der Waals surface area contributed by atoms with Crippen LogP contribution < -0.4 is 0 Å². The van der Waals surface area contributed by atoms with E-state index in [0.717, 1.165) is 48.4 Å². The maximum Gasteiger partial charge on any atom is 0.257 e. The van der Waals surface area contributed by atoms with E-state index < -0.39 is 0 Å². The van der Waals surface area contributed by atoms with Crippen LogP contribution in [0.2, 0.25) is 0 Å². The van der Waals surface area contributed by atoms with Gasteiger partial charge in [-0.25, -0.2) is 4.68 Å². The highest BCUT2D eigenvalue weighted by Crippen LogP contribution is 2.29. The van der Waals surface area contributed by atoms with Crippen molar-refractivity contribution in [3.05, 3.63) is 71.9 Å². The molecule has 4 heteroatoms. The highest BCUT2D eigenvalue weighted by Gasteiger charge is 2.26. The van der Waals surface area contributed by atoms with E-state index in [1.54, 1.807) is 6.20 Å². The lowest BCUT2D eigenvalue weighted by Gasteiger charge is -2.16. The molecule has 0 unspecified atom stereocenters. The van der Waals surface area contributed by atoms with Gasteiger partial charge in [0.15, 0.2) is 0 Å². The van der Waals surface area contributed by atoms with Crippen LogP contribution in [-0.4, -0.2) is 33.7 Å². The molecule has 0 atom stereocenters. The Labute approximate surface area is 147 Å². The van der Waals surface area contributed by atoms with Crippen molar-refractivity contribution in [1.29, 1.82) is 0 Å². The molecule has 4 nitrogen and oxygen atoms in total. The first kappa shape index (κ1) is 15.6. The van der Waals surface area contributed by atoms with Crippen LogP contribution in [0.15, 0.2) is 60.8 Å². The van der Waals surface area contributed by atoms with Crippen LogP contribution in [-0.2, 0) is 0 Å². The smallest absolute Gasteiger partial charge is 0.257 e. The summed E-state index contributed by atoms with van der Waals surface area (Å²) in [5.41, 5.74) is 4.68. The zero-order valence-electron chi connectivity index (χ0n) is 14.4. The molecule has 1 amide bonds. The van der Waals surface area contributed by atoms with Gasteiger partial charge in [0.05, 0.1) is 23.1 Å². The minimum atomic E-state index is 0.0798. The number of carbonyl (C=O) groups is 1. The number of aromatic nitrogens is 2. The number of carbonyl (C=O) groups excluding carboxylic acids is 1. The zero-order valence-corrected chi connectivity index (χ0v) is 14.4. The first-order chi connectivity index (χ1) is 12.3. The molecule has 25 heavy (non-hydrogen) atoms. The topological polar surface area (TPSA) is 38.1 Å². The maximum absolute atomic E-state index is 13.0. The molecule has 2 aromatic carbocycles. The second-order valence-corrected chi connectivity index (χ2v) is 6.47. The fourth-order valence-corrected chi connectivity index (χ4v) is 3.45. The second-order valence-electron chi connectivity index (χ2n) is 6.47. The predicted molar refractivity (Wildman–Crippen MR) is 98.9 cm³/mol. The molecule has 0 aliphatic carbocycles. The molecular weight excluding hydrogens is 310 g/mol. The van der Waals surface area contributed by atoms with Crippen molar-refractivity contribution < 1.29 is 4.79 Å². The summed E-state index contributed by atoms with van der Waals surface area (Å²) in [5.74, 6) is 0.0798. The summed E-state index contributed by atoms with van der Waals surface area (Å²) in [6.45, 7) is 3.74. The number of para-hydroxylation sites is 1. The number of aryl methyl sites for hydroxylation is 1. The number of benzene rings is 2. The summed E-state index contributed by atoms with van der Waals surface area (Å²) in [6, 6.07) is 18.2. The molecule has 0 N–H and O–H groups in total. The van der Waals surface area contributed by atoms with Crippen molar-refractivity contribution in [2.24, 2.45) is 0 Å². The van der Waals surface area contributed by atoms with Crippen molar-refractivity contribution in [3.8, 4) is 16.9 Å². The quantitative estimate of drug-likeness (QED) is 0.725. The summed E-state index contributed by atoms with van der Waals surface area (Å²) in [7, 11) is 0. The van der Waals surface area contributed by atoms with Crippen LogP contribution >= 0.6 is 0 Å². The van der Waals surface area contributed by atoms with E-state index in [1.807, 2.05) is 58.1 Å². The molecule has 0 saturated carbocycles. The number of hydrogen-bond donors (Lipinski definition) is 0.